The van der Waals surface area contributed by atoms with Gasteiger partial charge in [-0.2, -0.15) is 0 Å². The van der Waals surface area contributed by atoms with E-state index in [1.807, 2.05) is 0 Å². The van der Waals surface area contributed by atoms with Gasteiger partial charge in [-0.25, -0.2) is 4.79 Å². The highest BCUT2D eigenvalue weighted by molar-refractivity contribution is 5.99. The first-order chi connectivity index (χ1) is 16.9. The lowest BCUT2D eigenvalue weighted by Crippen LogP contribution is -2.52. The van der Waals surface area contributed by atoms with E-state index in [2.05, 4.69) is 16.7 Å². The standard InChI is InChI=1S/C26H31N3O7/c1-7-29(24(33)20(15-30)28-25(34)36-26(3,4)5)22(17-8-13-21(31)16(2)14-17)23(32)27-18-9-11-19(35-6)12-10-18/h1,8-14,20,22,30-31H,15H2,2-6H3,(H,27,32)(H,28,34). The maximum absolute atomic E-state index is 13.4. The quantitative estimate of drug-likeness (QED) is 0.325. The SMILES string of the molecule is C#CN(C(=O)C(CO)NC(=O)OC(C)(C)C)C(C(=O)Nc1ccc(OC)cc1)c1ccc(O)c(C)c1. The number of alkyl carbamates (subject to hydrolysis) is 1. The fraction of sp³-hybridized carbons (Fsp3) is 0.346. The fourth-order valence-electron chi connectivity index (χ4n) is 3.22. The first kappa shape index (κ1) is 28.0. The van der Waals surface area contributed by atoms with Gasteiger partial charge in [-0.3, -0.25) is 14.5 Å². The minimum Gasteiger partial charge on any atom is -0.508 e. The van der Waals surface area contributed by atoms with E-state index in [4.69, 9.17) is 15.9 Å². The lowest BCUT2D eigenvalue weighted by Gasteiger charge is -2.30. The van der Waals surface area contributed by atoms with E-state index in [-0.39, 0.29) is 5.75 Å². The topological polar surface area (TPSA) is 137 Å². The molecule has 4 N–H and O–H groups in total. The Hall–Kier alpha value is -4.23. The van der Waals surface area contributed by atoms with Crippen LogP contribution in [0.5, 0.6) is 11.5 Å². The van der Waals surface area contributed by atoms with Gasteiger partial charge in [-0.05, 0) is 75.2 Å². The number of amides is 3. The second-order valence-corrected chi connectivity index (χ2v) is 8.88. The Morgan fingerprint density at radius 2 is 1.78 bits per heavy atom. The van der Waals surface area contributed by atoms with E-state index in [0.717, 1.165) is 4.90 Å². The third-order valence-corrected chi connectivity index (χ3v) is 4.95. The van der Waals surface area contributed by atoms with Crippen LogP contribution >= 0.6 is 0 Å². The number of terminal acetylenes is 1. The molecule has 0 saturated heterocycles. The molecule has 36 heavy (non-hydrogen) atoms. The van der Waals surface area contributed by atoms with Crippen molar-refractivity contribution in [3.63, 3.8) is 0 Å². The van der Waals surface area contributed by atoms with Gasteiger partial charge in [0.2, 0.25) is 0 Å². The first-order valence-corrected chi connectivity index (χ1v) is 11.0. The summed E-state index contributed by atoms with van der Waals surface area (Å²) in [5.74, 6) is -0.999. The van der Waals surface area contributed by atoms with E-state index < -0.39 is 42.2 Å². The van der Waals surface area contributed by atoms with E-state index in [1.165, 1.54) is 25.3 Å². The number of nitrogens with zero attached hydrogens (tertiary/aromatic N) is 1. The molecule has 0 aliphatic rings. The number of benzene rings is 2. The lowest BCUT2D eigenvalue weighted by molar-refractivity contribution is -0.137. The number of rotatable bonds is 8. The van der Waals surface area contributed by atoms with Crippen LogP contribution in [-0.2, 0) is 14.3 Å². The zero-order valence-electron chi connectivity index (χ0n) is 20.9. The van der Waals surface area contributed by atoms with E-state index in [0.29, 0.717) is 22.6 Å². The van der Waals surface area contributed by atoms with Crippen LogP contribution in [0.2, 0.25) is 0 Å². The summed E-state index contributed by atoms with van der Waals surface area (Å²) in [4.78, 5) is 39.7. The van der Waals surface area contributed by atoms with Crippen LogP contribution < -0.4 is 15.4 Å². The van der Waals surface area contributed by atoms with Crippen molar-refractivity contribution >= 4 is 23.6 Å². The molecule has 0 heterocycles. The number of carbonyl (C=O) groups excluding carboxylic acids is 3. The van der Waals surface area contributed by atoms with Crippen molar-refractivity contribution < 1.29 is 34.1 Å². The molecule has 2 unspecified atom stereocenters. The third kappa shape index (κ3) is 7.38. The zero-order chi connectivity index (χ0) is 27.0. The van der Waals surface area contributed by atoms with Crippen molar-refractivity contribution in [2.24, 2.45) is 0 Å². The molecule has 192 valence electrons. The summed E-state index contributed by atoms with van der Waals surface area (Å²) >= 11 is 0. The van der Waals surface area contributed by atoms with Crippen LogP contribution in [0.15, 0.2) is 42.5 Å². The highest BCUT2D eigenvalue weighted by atomic mass is 16.6. The molecule has 0 aromatic heterocycles. The minimum absolute atomic E-state index is 0.00789. The number of methoxy groups -OCH3 is 1. The van der Waals surface area contributed by atoms with Gasteiger partial charge in [0.15, 0.2) is 0 Å². The van der Waals surface area contributed by atoms with Crippen LogP contribution in [0, 0.1) is 19.4 Å². The molecule has 10 nitrogen and oxygen atoms in total. The minimum atomic E-state index is -1.48. The van der Waals surface area contributed by atoms with Gasteiger partial charge in [-0.15, -0.1) is 0 Å². The Morgan fingerprint density at radius 3 is 2.28 bits per heavy atom. The summed E-state index contributed by atoms with van der Waals surface area (Å²) < 4.78 is 10.3. The van der Waals surface area contributed by atoms with Crippen LogP contribution in [-0.4, -0.2) is 58.4 Å². The summed E-state index contributed by atoms with van der Waals surface area (Å²) in [6, 6.07) is 10.2. The van der Waals surface area contributed by atoms with Crippen LogP contribution in [0.4, 0.5) is 10.5 Å². The monoisotopic (exact) mass is 497 g/mol. The van der Waals surface area contributed by atoms with Gasteiger partial charge < -0.3 is 30.3 Å². The van der Waals surface area contributed by atoms with Crippen LogP contribution in [0.3, 0.4) is 0 Å². The number of aromatic hydroxyl groups is 1. The molecule has 2 aromatic rings. The molecule has 0 fully saturated rings. The summed E-state index contributed by atoms with van der Waals surface area (Å²) in [6.07, 6.45) is 4.72. The Balaban J connectivity index is 2.42. The maximum atomic E-state index is 13.4. The van der Waals surface area contributed by atoms with Crippen molar-refractivity contribution in [3.05, 3.63) is 53.6 Å². The number of aliphatic hydroxyl groups is 1. The van der Waals surface area contributed by atoms with E-state index in [9.17, 15) is 24.6 Å². The van der Waals surface area contributed by atoms with Gasteiger partial charge in [0, 0.05) is 11.7 Å². The molecule has 0 bridgehead atoms. The number of phenolic OH excluding ortho intramolecular Hbond substituents is 1. The average molecular weight is 498 g/mol. The molecule has 10 heteroatoms. The molecule has 0 radical (unpaired) electrons. The summed E-state index contributed by atoms with van der Waals surface area (Å²) in [6.45, 7) is 5.76. The van der Waals surface area contributed by atoms with Crippen molar-refractivity contribution in [3.8, 4) is 24.0 Å². The molecule has 0 aliphatic carbocycles. The Bertz CT molecular complexity index is 1130. The third-order valence-electron chi connectivity index (χ3n) is 4.95. The number of aryl methyl sites for hydroxylation is 1. The normalized spacial score (nSPS) is 12.5. The van der Waals surface area contributed by atoms with E-state index in [1.54, 1.807) is 52.0 Å². The fourth-order valence-corrected chi connectivity index (χ4v) is 3.22. The van der Waals surface area contributed by atoms with Gasteiger partial charge in [0.1, 0.15) is 29.2 Å². The van der Waals surface area contributed by atoms with Crippen molar-refractivity contribution in [1.82, 2.24) is 10.2 Å². The molecule has 3 amide bonds. The number of hydrogen-bond acceptors (Lipinski definition) is 7. The number of anilines is 1. The second kappa shape index (κ2) is 12.0. The summed E-state index contributed by atoms with van der Waals surface area (Å²) in [5.41, 5.74) is 0.321. The Morgan fingerprint density at radius 1 is 1.14 bits per heavy atom. The largest absolute Gasteiger partial charge is 0.508 e. The second-order valence-electron chi connectivity index (χ2n) is 8.88. The number of carbonyl (C=O) groups is 3. The van der Waals surface area contributed by atoms with Gasteiger partial charge >= 0.3 is 6.09 Å². The first-order valence-electron chi connectivity index (χ1n) is 11.0. The number of nitrogens with one attached hydrogen (secondary N) is 2. The summed E-state index contributed by atoms with van der Waals surface area (Å²) in [7, 11) is 1.51. The number of phenols is 1. The van der Waals surface area contributed by atoms with Crippen LogP contribution in [0.25, 0.3) is 0 Å². The lowest BCUT2D eigenvalue weighted by atomic mass is 10.0. The molecule has 2 rings (SSSR count). The van der Waals surface area contributed by atoms with Gasteiger partial charge in [0.05, 0.1) is 13.7 Å². The average Bonchev–Trinajstić information content (AvgIpc) is 2.81. The van der Waals surface area contributed by atoms with E-state index >= 15 is 0 Å². The molecular formula is C26H31N3O7. The van der Waals surface area contributed by atoms with Crippen molar-refractivity contribution in [2.45, 2.75) is 45.4 Å². The predicted octanol–water partition coefficient (Wildman–Crippen LogP) is 2.69. The Labute approximate surface area is 210 Å². The molecule has 0 aliphatic heterocycles. The maximum Gasteiger partial charge on any atom is 0.408 e. The molecular weight excluding hydrogens is 466 g/mol. The van der Waals surface area contributed by atoms with Crippen LogP contribution in [0.1, 0.15) is 37.9 Å². The smallest absolute Gasteiger partial charge is 0.408 e. The number of ether oxygens (including phenoxy) is 2. The predicted molar refractivity (Wildman–Crippen MR) is 133 cm³/mol. The number of hydrogen-bond donors (Lipinski definition) is 4. The number of aliphatic hydroxyl groups excluding tert-OH is 1. The molecule has 2 aromatic carbocycles. The molecule has 0 spiro atoms. The van der Waals surface area contributed by atoms with Gasteiger partial charge in [0.25, 0.3) is 11.8 Å². The highest BCUT2D eigenvalue weighted by Crippen LogP contribution is 2.28. The van der Waals surface area contributed by atoms with Crippen molar-refractivity contribution in [1.29, 1.82) is 0 Å². The molecule has 0 saturated carbocycles. The molecule has 2 atom stereocenters. The highest BCUT2D eigenvalue weighted by Gasteiger charge is 2.36. The zero-order valence-corrected chi connectivity index (χ0v) is 20.9. The summed E-state index contributed by atoms with van der Waals surface area (Å²) in [5, 5.41) is 24.7. The van der Waals surface area contributed by atoms with Gasteiger partial charge in [-0.1, -0.05) is 12.5 Å². The Kier molecular flexibility index (Phi) is 9.30. The van der Waals surface area contributed by atoms with Crippen molar-refractivity contribution in [2.75, 3.05) is 19.0 Å².